The van der Waals surface area contributed by atoms with E-state index >= 15 is 0 Å². The van der Waals surface area contributed by atoms with Crippen molar-refractivity contribution in [3.63, 3.8) is 0 Å². The number of ether oxygens (including phenoxy) is 2. The van der Waals surface area contributed by atoms with Crippen LogP contribution in [0.5, 0.6) is 11.5 Å². The lowest BCUT2D eigenvalue weighted by atomic mass is 9.75. The molecule has 2 aromatic rings. The fourth-order valence-electron chi connectivity index (χ4n) is 5.08. The number of aromatic nitrogens is 3. The number of fused-ring (bicyclic) bond motifs is 4. The number of hydrogen-bond donors (Lipinski definition) is 3. The third kappa shape index (κ3) is 4.12. The third-order valence-corrected chi connectivity index (χ3v) is 6.87. The van der Waals surface area contributed by atoms with Gasteiger partial charge in [-0.25, -0.2) is 4.68 Å². The first kappa shape index (κ1) is 20.3. The summed E-state index contributed by atoms with van der Waals surface area (Å²) >= 11 is 0. The van der Waals surface area contributed by atoms with Crippen LogP contribution in [0.2, 0.25) is 0 Å². The number of hydrogen-bond acceptors (Lipinski definition) is 6. The van der Waals surface area contributed by atoms with E-state index in [1.54, 1.807) is 13.8 Å². The summed E-state index contributed by atoms with van der Waals surface area (Å²) in [6.45, 7) is 6.89. The summed E-state index contributed by atoms with van der Waals surface area (Å²) in [4.78, 5) is 14.4. The Kier molecular flexibility index (Phi) is 5.10. The molecule has 0 spiro atoms. The summed E-state index contributed by atoms with van der Waals surface area (Å²) in [5, 5.41) is 21.5. The molecule has 9 heteroatoms. The first-order chi connectivity index (χ1) is 14.9. The topological polar surface area (TPSA) is 103 Å². The standard InChI is InChI=1S/C22H29N5O4/c1-22(2,29)20-12-27(25-24-20)10-16-8-15-5-6-26(16)11-17(15)21(28)23-9-14-3-4-18-19(7-14)31-13-30-18/h3-4,7,12,15-17,29H,5-6,8-11,13H2,1-2H3,(H,23,28)/p+1/t15-,16-,17+/m1/s1. The molecular weight excluding hydrogens is 398 g/mol. The zero-order valence-corrected chi connectivity index (χ0v) is 18.0. The van der Waals surface area contributed by atoms with Gasteiger partial charge < -0.3 is 24.8 Å². The number of piperidine rings is 3. The molecule has 2 bridgehead atoms. The summed E-state index contributed by atoms with van der Waals surface area (Å²) in [7, 11) is 0. The Bertz CT molecular complexity index is 969. The quantitative estimate of drug-likeness (QED) is 0.591. The molecule has 4 aliphatic heterocycles. The van der Waals surface area contributed by atoms with Gasteiger partial charge in [-0.05, 0) is 37.5 Å². The zero-order chi connectivity index (χ0) is 21.6. The third-order valence-electron chi connectivity index (χ3n) is 6.87. The predicted octanol–water partition coefficient (Wildman–Crippen LogP) is -0.156. The van der Waals surface area contributed by atoms with Crippen molar-refractivity contribution in [2.24, 2.45) is 11.8 Å². The Hall–Kier alpha value is -2.65. The summed E-state index contributed by atoms with van der Waals surface area (Å²) < 4.78 is 12.6. The maximum Gasteiger partial charge on any atom is 0.231 e. The number of rotatable bonds is 6. The molecule has 3 N–H and O–H groups in total. The number of carbonyl (C=O) groups is 1. The SMILES string of the molecule is CC(C)(O)c1cn(C[C@H]2C[C@H]3CC[NH+]2C[C@@H]3C(=O)NCc2ccc3c(c2)OCO3)nn1. The van der Waals surface area contributed by atoms with Crippen molar-refractivity contribution in [3.05, 3.63) is 35.7 Å². The molecule has 0 aliphatic carbocycles. The Morgan fingerprint density at radius 3 is 2.94 bits per heavy atom. The summed E-state index contributed by atoms with van der Waals surface area (Å²) in [6.07, 6.45) is 3.92. The summed E-state index contributed by atoms with van der Waals surface area (Å²) in [5.41, 5.74) is 0.607. The van der Waals surface area contributed by atoms with E-state index in [9.17, 15) is 9.90 Å². The second kappa shape index (κ2) is 7.80. The van der Waals surface area contributed by atoms with Crippen LogP contribution in [0.15, 0.2) is 24.4 Å². The molecule has 6 rings (SSSR count). The van der Waals surface area contributed by atoms with Crippen molar-refractivity contribution in [2.45, 2.75) is 51.4 Å². The predicted molar refractivity (Wildman–Crippen MR) is 110 cm³/mol. The molecule has 0 radical (unpaired) electrons. The van der Waals surface area contributed by atoms with Gasteiger partial charge in [0.1, 0.15) is 17.3 Å². The van der Waals surface area contributed by atoms with E-state index in [4.69, 9.17) is 9.47 Å². The second-order valence-electron chi connectivity index (χ2n) is 9.49. The van der Waals surface area contributed by atoms with Gasteiger partial charge in [-0.1, -0.05) is 11.3 Å². The van der Waals surface area contributed by atoms with Gasteiger partial charge in [-0.15, -0.1) is 5.10 Å². The highest BCUT2D eigenvalue weighted by Crippen LogP contribution is 2.32. The van der Waals surface area contributed by atoms with E-state index in [1.165, 1.54) is 4.90 Å². The highest BCUT2D eigenvalue weighted by Gasteiger charge is 2.46. The average molecular weight is 429 g/mol. The summed E-state index contributed by atoms with van der Waals surface area (Å²) in [6, 6.07) is 6.21. The molecule has 166 valence electrons. The first-order valence-electron chi connectivity index (χ1n) is 11.0. The van der Waals surface area contributed by atoms with Crippen LogP contribution in [0.25, 0.3) is 0 Å². The van der Waals surface area contributed by atoms with E-state index in [0.29, 0.717) is 24.2 Å². The Morgan fingerprint density at radius 1 is 1.35 bits per heavy atom. The molecule has 3 saturated heterocycles. The molecule has 1 aromatic carbocycles. The molecule has 4 atom stereocenters. The fraction of sp³-hybridized carbons (Fsp3) is 0.591. The second-order valence-corrected chi connectivity index (χ2v) is 9.49. The fourth-order valence-corrected chi connectivity index (χ4v) is 5.08. The van der Waals surface area contributed by atoms with Crippen LogP contribution in [0, 0.1) is 11.8 Å². The van der Waals surface area contributed by atoms with Gasteiger partial charge in [0.25, 0.3) is 0 Å². The maximum absolute atomic E-state index is 12.9. The number of amides is 1. The van der Waals surface area contributed by atoms with Gasteiger partial charge in [-0.3, -0.25) is 4.79 Å². The van der Waals surface area contributed by atoms with Gasteiger partial charge in [-0.2, -0.15) is 0 Å². The lowest BCUT2D eigenvalue weighted by molar-refractivity contribution is -0.945. The van der Waals surface area contributed by atoms with Crippen LogP contribution in [0.1, 0.15) is 37.9 Å². The Balaban J connectivity index is 1.17. The van der Waals surface area contributed by atoms with Crippen LogP contribution < -0.4 is 19.7 Å². The normalized spacial score (nSPS) is 26.8. The van der Waals surface area contributed by atoms with Gasteiger partial charge >= 0.3 is 0 Å². The molecule has 4 aliphatic rings. The molecular formula is C22H30N5O4+. The van der Waals surface area contributed by atoms with Crippen molar-refractivity contribution in [1.29, 1.82) is 0 Å². The van der Waals surface area contributed by atoms with Crippen LogP contribution >= 0.6 is 0 Å². The van der Waals surface area contributed by atoms with Gasteiger partial charge in [0.2, 0.25) is 12.7 Å². The summed E-state index contributed by atoms with van der Waals surface area (Å²) in [5.74, 6) is 2.09. The highest BCUT2D eigenvalue weighted by atomic mass is 16.7. The largest absolute Gasteiger partial charge is 0.454 e. The number of nitrogens with zero attached hydrogens (tertiary/aromatic N) is 3. The Labute approximate surface area is 181 Å². The van der Waals surface area contributed by atoms with Crippen molar-refractivity contribution in [3.8, 4) is 11.5 Å². The van der Waals surface area contributed by atoms with E-state index in [1.807, 2.05) is 29.1 Å². The number of nitrogens with one attached hydrogen (secondary N) is 2. The van der Waals surface area contributed by atoms with Crippen molar-refractivity contribution in [2.75, 3.05) is 19.9 Å². The molecule has 1 aromatic heterocycles. The van der Waals surface area contributed by atoms with E-state index in [0.717, 1.165) is 49.5 Å². The van der Waals surface area contributed by atoms with Crippen molar-refractivity contribution in [1.82, 2.24) is 20.3 Å². The minimum absolute atomic E-state index is 0.0525. The monoisotopic (exact) mass is 428 g/mol. The first-order valence-corrected chi connectivity index (χ1v) is 11.0. The van der Waals surface area contributed by atoms with Crippen LogP contribution in [-0.4, -0.2) is 51.9 Å². The number of carbonyl (C=O) groups excluding carboxylic acids is 1. The molecule has 3 fully saturated rings. The van der Waals surface area contributed by atoms with Gasteiger partial charge in [0.15, 0.2) is 11.5 Å². The number of quaternary nitrogens is 1. The van der Waals surface area contributed by atoms with Crippen LogP contribution in [-0.2, 0) is 23.5 Å². The zero-order valence-electron chi connectivity index (χ0n) is 18.0. The molecule has 0 saturated carbocycles. The van der Waals surface area contributed by atoms with Crippen molar-refractivity contribution >= 4 is 5.91 Å². The van der Waals surface area contributed by atoms with Gasteiger partial charge in [0, 0.05) is 19.4 Å². The molecule has 31 heavy (non-hydrogen) atoms. The number of benzene rings is 1. The van der Waals surface area contributed by atoms with Crippen molar-refractivity contribution < 1.29 is 24.3 Å². The van der Waals surface area contributed by atoms with E-state index in [2.05, 4.69) is 15.6 Å². The lowest BCUT2D eigenvalue weighted by Crippen LogP contribution is -3.20. The van der Waals surface area contributed by atoms with Crippen LogP contribution in [0.4, 0.5) is 0 Å². The Morgan fingerprint density at radius 2 is 2.19 bits per heavy atom. The van der Waals surface area contributed by atoms with E-state index < -0.39 is 5.60 Å². The molecule has 1 unspecified atom stereocenters. The molecule has 9 nitrogen and oxygen atoms in total. The highest BCUT2D eigenvalue weighted by molar-refractivity contribution is 5.79. The maximum atomic E-state index is 12.9. The van der Waals surface area contributed by atoms with Crippen LogP contribution in [0.3, 0.4) is 0 Å². The number of aliphatic hydroxyl groups is 1. The van der Waals surface area contributed by atoms with E-state index in [-0.39, 0.29) is 18.6 Å². The molecule has 5 heterocycles. The lowest BCUT2D eigenvalue weighted by Gasteiger charge is -2.46. The minimum Gasteiger partial charge on any atom is -0.454 e. The smallest absolute Gasteiger partial charge is 0.231 e. The minimum atomic E-state index is -0.988. The molecule has 1 amide bonds. The average Bonchev–Trinajstić information content (AvgIpc) is 3.41. The van der Waals surface area contributed by atoms with Gasteiger partial charge in [0.05, 0.1) is 31.7 Å².